The lowest BCUT2D eigenvalue weighted by molar-refractivity contribution is -0.152. The van der Waals surface area contributed by atoms with Crippen LogP contribution < -0.4 is 9.21 Å². The lowest BCUT2D eigenvalue weighted by Crippen LogP contribution is -2.48. The summed E-state index contributed by atoms with van der Waals surface area (Å²) < 4.78 is 53.2. The van der Waals surface area contributed by atoms with Crippen molar-refractivity contribution in [1.29, 1.82) is 0 Å². The highest BCUT2D eigenvalue weighted by atomic mass is 35.5. The van der Waals surface area contributed by atoms with E-state index < -0.39 is 68.5 Å². The Hall–Kier alpha value is -4.87. The Labute approximate surface area is 361 Å². The number of anilines is 2. The van der Waals surface area contributed by atoms with Gasteiger partial charge in [-0.05, 0) is 126 Å². The van der Waals surface area contributed by atoms with Crippen molar-refractivity contribution >= 4 is 80.0 Å². The molecule has 0 saturated carbocycles. The molecule has 3 amide bonds. The molecule has 16 nitrogen and oxygen atoms in total. The number of fused-ring (bicyclic) bond motifs is 1. The predicted molar refractivity (Wildman–Crippen MR) is 230 cm³/mol. The van der Waals surface area contributed by atoms with Crippen LogP contribution in [0.2, 0.25) is 0 Å². The lowest BCUT2D eigenvalue weighted by atomic mass is 10.2. The van der Waals surface area contributed by atoms with Gasteiger partial charge in [0.1, 0.15) is 40.0 Å². The summed E-state index contributed by atoms with van der Waals surface area (Å²) in [6.45, 7) is 18.7. The zero-order valence-electron chi connectivity index (χ0n) is 36.0. The highest BCUT2D eigenvalue weighted by Crippen LogP contribution is 2.33. The summed E-state index contributed by atoms with van der Waals surface area (Å²) in [4.78, 5) is 64.2. The normalized spacial score (nSPS) is 15.1. The number of hydrogen-bond donors (Lipinski definition) is 0. The first kappa shape index (κ1) is 47.8. The largest absolute Gasteiger partial charge is 0.459 e. The van der Waals surface area contributed by atoms with Gasteiger partial charge in [0.25, 0.3) is 0 Å². The Morgan fingerprint density at radius 3 is 1.90 bits per heavy atom. The molecule has 0 radical (unpaired) electrons. The van der Waals surface area contributed by atoms with E-state index in [-0.39, 0.29) is 41.2 Å². The smallest absolute Gasteiger partial charge is 0.419 e. The maximum absolute atomic E-state index is 14.2. The number of amides is 3. The topological polar surface area (TPSA) is 180 Å². The molecule has 4 rings (SSSR count). The minimum Gasteiger partial charge on any atom is -0.459 e. The van der Waals surface area contributed by atoms with Crippen LogP contribution in [0.3, 0.4) is 0 Å². The molecule has 0 spiro atoms. The molecular formula is C41H54Cl2N6O10S. The van der Waals surface area contributed by atoms with Crippen molar-refractivity contribution in [2.45, 2.75) is 117 Å². The zero-order valence-corrected chi connectivity index (χ0v) is 38.4. The number of nitrogens with zero attached hydrogens (tertiary/aromatic N) is 6. The number of carbonyl (C=O) groups excluding carboxylic acids is 4. The third kappa shape index (κ3) is 13.3. The number of rotatable bonds is 10. The Morgan fingerprint density at radius 2 is 1.35 bits per heavy atom. The highest BCUT2D eigenvalue weighted by molar-refractivity contribution is 7.93. The first-order valence-corrected chi connectivity index (χ1v) is 21.3. The van der Waals surface area contributed by atoms with E-state index in [0.29, 0.717) is 16.7 Å². The van der Waals surface area contributed by atoms with E-state index in [1.165, 1.54) is 18.3 Å². The number of ether oxygens (including phenoxy) is 4. The van der Waals surface area contributed by atoms with Gasteiger partial charge in [-0.15, -0.1) is 0 Å². The summed E-state index contributed by atoms with van der Waals surface area (Å²) in [7, 11) is -4.28. The fourth-order valence-electron chi connectivity index (χ4n) is 5.63. The van der Waals surface area contributed by atoms with Gasteiger partial charge in [-0.3, -0.25) is 9.10 Å². The van der Waals surface area contributed by atoms with E-state index in [0.717, 1.165) is 14.1 Å². The van der Waals surface area contributed by atoms with E-state index in [4.69, 9.17) is 42.1 Å². The molecule has 1 aliphatic carbocycles. The van der Waals surface area contributed by atoms with Gasteiger partial charge in [0, 0.05) is 34.3 Å². The fourth-order valence-corrected chi connectivity index (χ4v) is 8.15. The Morgan fingerprint density at radius 1 is 0.783 bits per heavy atom. The van der Waals surface area contributed by atoms with E-state index in [9.17, 15) is 27.6 Å². The molecule has 0 N–H and O–H groups in total. The number of aromatic nitrogens is 3. The van der Waals surface area contributed by atoms with Gasteiger partial charge >= 0.3 is 24.2 Å². The molecule has 0 fully saturated rings. The van der Waals surface area contributed by atoms with Crippen molar-refractivity contribution in [3.63, 3.8) is 0 Å². The zero-order chi connectivity index (χ0) is 45.2. The van der Waals surface area contributed by atoms with Crippen LogP contribution >= 0.6 is 23.2 Å². The maximum Gasteiger partial charge on any atom is 0.419 e. The Balaban J connectivity index is 1.74. The van der Waals surface area contributed by atoms with Crippen LogP contribution in [0.4, 0.5) is 26.0 Å². The third-order valence-corrected chi connectivity index (χ3v) is 10.4. The van der Waals surface area contributed by atoms with Crippen molar-refractivity contribution in [2.24, 2.45) is 0 Å². The summed E-state index contributed by atoms with van der Waals surface area (Å²) in [6.07, 6.45) is 3.09. The van der Waals surface area contributed by atoms with Gasteiger partial charge < -0.3 is 23.5 Å². The molecule has 19 heteroatoms. The van der Waals surface area contributed by atoms with E-state index >= 15 is 0 Å². The van der Waals surface area contributed by atoms with Crippen LogP contribution in [0.25, 0.3) is 16.7 Å². The molecular weight excluding hydrogens is 839 g/mol. The molecule has 1 atom stereocenters. The van der Waals surface area contributed by atoms with Crippen molar-refractivity contribution in [3.8, 4) is 5.82 Å². The second-order valence-corrected chi connectivity index (χ2v) is 20.9. The molecule has 1 aliphatic rings. The number of esters is 1. The van der Waals surface area contributed by atoms with Gasteiger partial charge in [-0.1, -0.05) is 23.2 Å². The quantitative estimate of drug-likeness (QED) is 0.140. The van der Waals surface area contributed by atoms with Gasteiger partial charge in [-0.25, -0.2) is 37.6 Å². The summed E-state index contributed by atoms with van der Waals surface area (Å²) in [5.74, 6) is -0.580. The van der Waals surface area contributed by atoms with Crippen LogP contribution in [0.1, 0.15) is 89.5 Å². The summed E-state index contributed by atoms with van der Waals surface area (Å²) >= 11 is 12.5. The summed E-state index contributed by atoms with van der Waals surface area (Å²) in [5.41, 5.74) is -2.95. The molecule has 2 heterocycles. The molecule has 60 heavy (non-hydrogen) atoms. The average molecular weight is 894 g/mol. The maximum atomic E-state index is 14.2. The van der Waals surface area contributed by atoms with Gasteiger partial charge in [0.15, 0.2) is 0 Å². The number of hydrogen-bond acceptors (Lipinski definition) is 12. The van der Waals surface area contributed by atoms with Crippen molar-refractivity contribution < 1.29 is 46.5 Å². The number of sulfonamides is 1. The molecule has 328 valence electrons. The van der Waals surface area contributed by atoms with Crippen LogP contribution in [-0.2, 0) is 33.8 Å². The average Bonchev–Trinajstić information content (AvgIpc) is 3.49. The molecule has 1 unspecified atom stereocenters. The van der Waals surface area contributed by atoms with Crippen molar-refractivity contribution in [2.75, 3.05) is 28.8 Å². The Kier molecular flexibility index (Phi) is 14.3. The first-order valence-electron chi connectivity index (χ1n) is 19.1. The van der Waals surface area contributed by atoms with Gasteiger partial charge in [0.05, 0.1) is 24.3 Å². The SMILES string of the molecule is CC(C)(C)OC(=O)CN(c1ccc2c(ccn2-c2ccnc(N(CCN(C(=O)OC(C)(C)C)C(=O)OC(C)(C)C)C(=O)OC(C)(C)C)n2)c1)S(=O)(=O)C1C=C(Cl)C=C(Cl)C1. The lowest BCUT2D eigenvalue weighted by Gasteiger charge is -2.30. The van der Waals surface area contributed by atoms with Crippen LogP contribution in [0.15, 0.2) is 64.9 Å². The van der Waals surface area contributed by atoms with Crippen LogP contribution in [0.5, 0.6) is 0 Å². The summed E-state index contributed by atoms with van der Waals surface area (Å²) in [5, 5.41) is -0.180. The number of carbonyl (C=O) groups is 4. The predicted octanol–water partition coefficient (Wildman–Crippen LogP) is 8.83. The minimum atomic E-state index is -4.28. The summed E-state index contributed by atoms with van der Waals surface area (Å²) in [6, 6.07) is 8.13. The second kappa shape index (κ2) is 18.0. The van der Waals surface area contributed by atoms with Crippen LogP contribution in [-0.4, -0.2) is 99.4 Å². The number of allylic oxidation sites excluding steroid dienone is 3. The molecule has 0 bridgehead atoms. The minimum absolute atomic E-state index is 0.0417. The third-order valence-electron chi connectivity index (χ3n) is 7.89. The second-order valence-electron chi connectivity index (χ2n) is 17.9. The molecule has 3 aromatic rings. The van der Waals surface area contributed by atoms with E-state index in [2.05, 4.69) is 9.97 Å². The number of imide groups is 1. The fraction of sp³-hybridized carbons (Fsp3) is 0.512. The molecule has 2 aromatic heterocycles. The van der Waals surface area contributed by atoms with Gasteiger partial charge in [-0.2, -0.15) is 4.98 Å². The standard InChI is InChI=1S/C41H54Cl2N6O10S/c1-38(2,3)56-33(50)25-49(60(54,55)30-23-27(42)22-28(43)24-30)29-13-14-31-26(21-29)16-18-46(31)32-15-17-44-34(45-32)47(35(51)57-39(4,5)6)19-20-48(36(52)58-40(7,8)9)37(53)59-41(10,11)12/h13-18,21-23,30H,19-20,24-25H2,1-12H3. The van der Waals surface area contributed by atoms with Crippen molar-refractivity contribution in [1.82, 2.24) is 19.4 Å². The number of halogens is 2. The first-order chi connectivity index (χ1) is 27.4. The van der Waals surface area contributed by atoms with E-state index in [1.54, 1.807) is 124 Å². The molecule has 1 aromatic carbocycles. The van der Waals surface area contributed by atoms with Crippen LogP contribution in [0, 0.1) is 0 Å². The molecule has 0 saturated heterocycles. The molecule has 0 aliphatic heterocycles. The van der Waals surface area contributed by atoms with Crippen molar-refractivity contribution in [3.05, 3.63) is 64.9 Å². The van der Waals surface area contributed by atoms with Gasteiger partial charge in [0.2, 0.25) is 16.0 Å². The Bertz CT molecular complexity index is 2250. The highest BCUT2D eigenvalue weighted by Gasteiger charge is 2.37. The number of benzene rings is 1. The monoisotopic (exact) mass is 892 g/mol. The van der Waals surface area contributed by atoms with E-state index in [1.807, 2.05) is 0 Å².